The minimum Gasteiger partial charge on any atom is -0.494 e. The fourth-order valence-electron chi connectivity index (χ4n) is 1.30. The molecule has 15 heavy (non-hydrogen) atoms. The van der Waals surface area contributed by atoms with Crippen molar-refractivity contribution in [3.05, 3.63) is 29.8 Å². The summed E-state index contributed by atoms with van der Waals surface area (Å²) in [5.74, 6) is 0.909. The maximum absolute atomic E-state index is 8.33. The Morgan fingerprint density at radius 3 is 2.67 bits per heavy atom. The average molecular weight is 204 g/mol. The van der Waals surface area contributed by atoms with Gasteiger partial charge >= 0.3 is 0 Å². The van der Waals surface area contributed by atoms with E-state index in [1.165, 1.54) is 5.56 Å². The predicted octanol–water partition coefficient (Wildman–Crippen LogP) is 1.74. The summed E-state index contributed by atoms with van der Waals surface area (Å²) in [5.41, 5.74) is 1.25. The molecule has 0 unspecified atom stereocenters. The molecule has 1 N–H and O–H groups in total. The van der Waals surface area contributed by atoms with E-state index in [0.717, 1.165) is 18.7 Å². The van der Waals surface area contributed by atoms with Gasteiger partial charge in [-0.15, -0.1) is 0 Å². The first-order valence-corrected chi connectivity index (χ1v) is 5.16. The number of ether oxygens (including phenoxy) is 1. The van der Waals surface area contributed by atoms with Crippen LogP contribution in [0.1, 0.15) is 12.5 Å². The second-order valence-corrected chi connectivity index (χ2v) is 3.16. The van der Waals surface area contributed by atoms with E-state index in [1.54, 1.807) is 0 Å². The molecule has 0 amide bonds. The lowest BCUT2D eigenvalue weighted by Crippen LogP contribution is -2.17. The van der Waals surface area contributed by atoms with E-state index >= 15 is 0 Å². The van der Waals surface area contributed by atoms with E-state index in [4.69, 9.17) is 10.00 Å². The smallest absolute Gasteiger partial charge is 0.119 e. The highest BCUT2D eigenvalue weighted by molar-refractivity contribution is 5.27. The molecule has 0 radical (unpaired) electrons. The molecule has 0 saturated heterocycles. The van der Waals surface area contributed by atoms with E-state index in [2.05, 4.69) is 17.4 Å². The van der Waals surface area contributed by atoms with Crippen molar-refractivity contribution in [1.29, 1.82) is 5.26 Å². The number of rotatable bonds is 6. The summed E-state index contributed by atoms with van der Waals surface area (Å²) in [5, 5.41) is 11.4. The minimum atomic E-state index is 0.414. The molecule has 0 aromatic heterocycles. The number of nitriles is 1. The fraction of sp³-hybridized carbons (Fsp3) is 0.417. The molecular weight excluding hydrogens is 188 g/mol. The van der Waals surface area contributed by atoms with Crippen molar-refractivity contribution < 1.29 is 4.74 Å². The molecule has 3 nitrogen and oxygen atoms in total. The monoisotopic (exact) mass is 204 g/mol. The van der Waals surface area contributed by atoms with Gasteiger partial charge in [-0.25, -0.2) is 0 Å². The molecule has 80 valence electrons. The van der Waals surface area contributed by atoms with Gasteiger partial charge in [0.2, 0.25) is 0 Å². The first-order chi connectivity index (χ1) is 7.36. The Kier molecular flexibility index (Phi) is 5.28. The van der Waals surface area contributed by atoms with Crippen LogP contribution in [0, 0.1) is 11.3 Å². The maximum atomic E-state index is 8.33. The van der Waals surface area contributed by atoms with Crippen LogP contribution in [-0.4, -0.2) is 19.7 Å². The summed E-state index contributed by atoms with van der Waals surface area (Å²) in [6, 6.07) is 10.1. The summed E-state index contributed by atoms with van der Waals surface area (Å²) in [6.45, 7) is 3.92. The Labute approximate surface area is 90.7 Å². The van der Waals surface area contributed by atoms with Crippen LogP contribution in [0.2, 0.25) is 0 Å². The van der Waals surface area contributed by atoms with Crippen molar-refractivity contribution in [1.82, 2.24) is 5.32 Å². The first kappa shape index (κ1) is 11.5. The van der Waals surface area contributed by atoms with Gasteiger partial charge in [0.15, 0.2) is 0 Å². The van der Waals surface area contributed by atoms with Gasteiger partial charge in [0.25, 0.3) is 0 Å². The third-order valence-corrected chi connectivity index (χ3v) is 2.03. The van der Waals surface area contributed by atoms with Crippen molar-refractivity contribution in [2.24, 2.45) is 0 Å². The number of benzene rings is 1. The molecule has 1 aromatic carbocycles. The molecule has 0 heterocycles. The highest BCUT2D eigenvalue weighted by Gasteiger charge is 1.94. The van der Waals surface area contributed by atoms with Crippen molar-refractivity contribution in [3.8, 4) is 11.8 Å². The lowest BCUT2D eigenvalue weighted by Gasteiger charge is -2.04. The lowest BCUT2D eigenvalue weighted by molar-refractivity contribution is 0.340. The highest BCUT2D eigenvalue weighted by Crippen LogP contribution is 2.11. The van der Waals surface area contributed by atoms with E-state index in [9.17, 15) is 0 Å². The lowest BCUT2D eigenvalue weighted by atomic mass is 10.1. The Balaban J connectivity index is 2.33. The van der Waals surface area contributed by atoms with Crippen LogP contribution in [0.5, 0.6) is 5.75 Å². The van der Waals surface area contributed by atoms with Crippen LogP contribution in [0.25, 0.3) is 0 Å². The highest BCUT2D eigenvalue weighted by atomic mass is 16.5. The van der Waals surface area contributed by atoms with Gasteiger partial charge < -0.3 is 10.1 Å². The zero-order valence-electron chi connectivity index (χ0n) is 8.99. The summed E-state index contributed by atoms with van der Waals surface area (Å²) >= 11 is 0. The third-order valence-electron chi connectivity index (χ3n) is 2.03. The second-order valence-electron chi connectivity index (χ2n) is 3.16. The Morgan fingerprint density at radius 2 is 2.07 bits per heavy atom. The largest absolute Gasteiger partial charge is 0.494 e. The SMILES string of the molecule is CCOc1ccc(CCNCC#N)cc1. The minimum absolute atomic E-state index is 0.414. The molecule has 0 spiro atoms. The van der Waals surface area contributed by atoms with Gasteiger partial charge in [-0.1, -0.05) is 12.1 Å². The van der Waals surface area contributed by atoms with Crippen LogP contribution in [-0.2, 0) is 6.42 Å². The van der Waals surface area contributed by atoms with E-state index in [1.807, 2.05) is 25.1 Å². The van der Waals surface area contributed by atoms with Gasteiger partial charge in [0.05, 0.1) is 19.2 Å². The third kappa shape index (κ3) is 4.48. The van der Waals surface area contributed by atoms with E-state index in [-0.39, 0.29) is 0 Å². The van der Waals surface area contributed by atoms with Crippen LogP contribution in [0.15, 0.2) is 24.3 Å². The van der Waals surface area contributed by atoms with Gasteiger partial charge in [0, 0.05) is 6.54 Å². The summed E-state index contributed by atoms with van der Waals surface area (Å²) < 4.78 is 5.35. The molecule has 0 saturated carbocycles. The molecule has 0 aliphatic carbocycles. The number of hydrogen-bond acceptors (Lipinski definition) is 3. The van der Waals surface area contributed by atoms with Crippen LogP contribution in [0.4, 0.5) is 0 Å². The van der Waals surface area contributed by atoms with Crippen molar-refractivity contribution in [2.75, 3.05) is 19.7 Å². The standard InChI is InChI=1S/C12H16N2O/c1-2-15-12-5-3-11(4-6-12)7-9-14-10-8-13/h3-6,14H,2,7,9-10H2,1H3. The second kappa shape index (κ2) is 6.86. The fourth-order valence-corrected chi connectivity index (χ4v) is 1.30. The number of hydrogen-bond donors (Lipinski definition) is 1. The Morgan fingerprint density at radius 1 is 1.33 bits per heavy atom. The van der Waals surface area contributed by atoms with Crippen molar-refractivity contribution in [2.45, 2.75) is 13.3 Å². The number of nitrogens with one attached hydrogen (secondary N) is 1. The normalized spacial score (nSPS) is 9.60. The molecule has 0 aliphatic rings. The summed E-state index contributed by atoms with van der Waals surface area (Å²) in [7, 11) is 0. The molecular formula is C12H16N2O. The first-order valence-electron chi connectivity index (χ1n) is 5.16. The molecule has 0 bridgehead atoms. The van der Waals surface area contributed by atoms with Crippen LogP contribution < -0.4 is 10.1 Å². The molecule has 3 heteroatoms. The quantitative estimate of drug-likeness (QED) is 0.567. The van der Waals surface area contributed by atoms with E-state index in [0.29, 0.717) is 13.2 Å². The van der Waals surface area contributed by atoms with Crippen LogP contribution >= 0.6 is 0 Å². The van der Waals surface area contributed by atoms with Crippen LogP contribution in [0.3, 0.4) is 0 Å². The molecule has 0 atom stereocenters. The molecule has 1 rings (SSSR count). The topological polar surface area (TPSA) is 45.0 Å². The Bertz CT molecular complexity index is 313. The van der Waals surface area contributed by atoms with Crippen molar-refractivity contribution >= 4 is 0 Å². The van der Waals surface area contributed by atoms with Gasteiger partial charge in [-0.05, 0) is 31.0 Å². The number of nitrogens with zero attached hydrogens (tertiary/aromatic N) is 1. The van der Waals surface area contributed by atoms with Gasteiger partial charge in [0.1, 0.15) is 5.75 Å². The molecule has 1 aromatic rings. The van der Waals surface area contributed by atoms with Crippen molar-refractivity contribution in [3.63, 3.8) is 0 Å². The van der Waals surface area contributed by atoms with Gasteiger partial charge in [-0.2, -0.15) is 5.26 Å². The van der Waals surface area contributed by atoms with Gasteiger partial charge in [-0.3, -0.25) is 0 Å². The molecule has 0 aliphatic heterocycles. The zero-order valence-corrected chi connectivity index (χ0v) is 8.99. The zero-order chi connectivity index (χ0) is 10.9. The average Bonchev–Trinajstić information content (AvgIpc) is 2.27. The summed E-state index contributed by atoms with van der Waals surface area (Å²) in [6.07, 6.45) is 0.939. The maximum Gasteiger partial charge on any atom is 0.119 e. The van der Waals surface area contributed by atoms with E-state index < -0.39 is 0 Å². The summed E-state index contributed by atoms with van der Waals surface area (Å²) in [4.78, 5) is 0. The Hall–Kier alpha value is -1.53. The predicted molar refractivity (Wildman–Crippen MR) is 59.8 cm³/mol. The molecule has 0 fully saturated rings.